The first-order chi connectivity index (χ1) is 9.90. The maximum absolute atomic E-state index is 9.58. The molecule has 0 spiro atoms. The summed E-state index contributed by atoms with van der Waals surface area (Å²) in [5, 5.41) is 9.58. The average molecular weight is 282 g/mol. The second kappa shape index (κ2) is 6.04. The molecule has 0 bridgehead atoms. The van der Waals surface area contributed by atoms with Gasteiger partial charge in [-0.15, -0.1) is 0 Å². The lowest BCUT2D eigenvalue weighted by Crippen LogP contribution is -2.10. The molecule has 0 aliphatic heterocycles. The second-order valence-corrected chi connectivity index (χ2v) is 6.14. The van der Waals surface area contributed by atoms with Crippen LogP contribution < -0.4 is 4.74 Å². The Bertz CT molecular complexity index is 632. The topological polar surface area (TPSA) is 29.5 Å². The molecule has 0 atom stereocenters. The van der Waals surface area contributed by atoms with Crippen LogP contribution >= 0.6 is 0 Å². The quantitative estimate of drug-likeness (QED) is 0.814. The molecule has 0 aromatic heterocycles. The van der Waals surface area contributed by atoms with E-state index in [1.165, 1.54) is 5.56 Å². The number of rotatable bonds is 3. The first-order valence-corrected chi connectivity index (χ1v) is 7.06. The first-order valence-electron chi connectivity index (χ1n) is 7.06. The van der Waals surface area contributed by atoms with Gasteiger partial charge in [0, 0.05) is 0 Å². The lowest BCUT2D eigenvalue weighted by Gasteiger charge is -2.18. The van der Waals surface area contributed by atoms with Gasteiger partial charge < -0.3 is 9.84 Å². The predicted molar refractivity (Wildman–Crippen MR) is 88.7 cm³/mol. The molecule has 0 fully saturated rings. The van der Waals surface area contributed by atoms with E-state index in [4.69, 9.17) is 4.74 Å². The van der Waals surface area contributed by atoms with Crippen molar-refractivity contribution >= 4 is 12.2 Å². The average Bonchev–Trinajstić information content (AvgIpc) is 2.46. The van der Waals surface area contributed by atoms with Crippen LogP contribution in [0.2, 0.25) is 0 Å². The highest BCUT2D eigenvalue weighted by Crippen LogP contribution is 2.27. The van der Waals surface area contributed by atoms with Crippen LogP contribution in [0.15, 0.2) is 42.5 Å². The third-order valence-corrected chi connectivity index (χ3v) is 3.45. The van der Waals surface area contributed by atoms with Crippen molar-refractivity contribution in [3.05, 3.63) is 59.2 Å². The Morgan fingerprint density at radius 2 is 1.48 bits per heavy atom. The SMILES string of the molecule is COc1cc(/C=C/c2ccc(C(C)(C)C)cc2)ccc1O. The minimum absolute atomic E-state index is 0.157. The molecule has 0 heterocycles. The summed E-state index contributed by atoms with van der Waals surface area (Å²) in [4.78, 5) is 0. The maximum atomic E-state index is 9.58. The minimum Gasteiger partial charge on any atom is -0.504 e. The highest BCUT2D eigenvalue weighted by Gasteiger charge is 2.12. The minimum atomic E-state index is 0.157. The Morgan fingerprint density at radius 3 is 2.05 bits per heavy atom. The maximum Gasteiger partial charge on any atom is 0.161 e. The molecule has 0 radical (unpaired) electrons. The monoisotopic (exact) mass is 282 g/mol. The normalized spacial score (nSPS) is 11.8. The van der Waals surface area contributed by atoms with E-state index < -0.39 is 0 Å². The van der Waals surface area contributed by atoms with Crippen molar-refractivity contribution in [2.45, 2.75) is 26.2 Å². The van der Waals surface area contributed by atoms with Crippen LogP contribution in [0.5, 0.6) is 11.5 Å². The Kier molecular flexibility index (Phi) is 4.37. The summed E-state index contributed by atoms with van der Waals surface area (Å²) in [5.41, 5.74) is 3.64. The molecule has 0 aliphatic carbocycles. The second-order valence-electron chi connectivity index (χ2n) is 6.14. The van der Waals surface area contributed by atoms with E-state index in [9.17, 15) is 5.11 Å². The van der Waals surface area contributed by atoms with E-state index in [0.29, 0.717) is 5.75 Å². The van der Waals surface area contributed by atoms with E-state index in [-0.39, 0.29) is 11.2 Å². The molecular weight excluding hydrogens is 260 g/mol. The molecule has 1 N–H and O–H groups in total. The molecule has 2 nitrogen and oxygen atoms in total. The molecule has 0 amide bonds. The zero-order chi connectivity index (χ0) is 15.5. The molecule has 2 heteroatoms. The van der Waals surface area contributed by atoms with Gasteiger partial charge in [0.2, 0.25) is 0 Å². The van der Waals surface area contributed by atoms with Crippen molar-refractivity contribution in [1.82, 2.24) is 0 Å². The lowest BCUT2D eigenvalue weighted by atomic mass is 9.87. The van der Waals surface area contributed by atoms with Crippen LogP contribution in [0.3, 0.4) is 0 Å². The first kappa shape index (κ1) is 15.2. The standard InChI is InChI=1S/C19H22O2/c1-19(2,3)16-10-7-14(8-11-16)5-6-15-9-12-17(20)18(13-15)21-4/h5-13,20H,1-4H3/b6-5+. The van der Waals surface area contributed by atoms with E-state index in [2.05, 4.69) is 51.1 Å². The van der Waals surface area contributed by atoms with Crippen LogP contribution in [0, 0.1) is 0 Å². The molecule has 2 aromatic carbocycles. The molecule has 110 valence electrons. The van der Waals surface area contributed by atoms with Crippen molar-refractivity contribution in [3.8, 4) is 11.5 Å². The fraction of sp³-hybridized carbons (Fsp3) is 0.263. The van der Waals surface area contributed by atoms with Crippen LogP contribution in [-0.2, 0) is 5.41 Å². The van der Waals surface area contributed by atoms with Gasteiger partial charge in [0.25, 0.3) is 0 Å². The van der Waals surface area contributed by atoms with E-state index in [1.807, 2.05) is 18.2 Å². The molecule has 0 saturated carbocycles. The van der Waals surface area contributed by atoms with E-state index >= 15 is 0 Å². The highest BCUT2D eigenvalue weighted by molar-refractivity contribution is 5.71. The zero-order valence-electron chi connectivity index (χ0n) is 13.1. The Morgan fingerprint density at radius 1 is 0.905 bits per heavy atom. The van der Waals surface area contributed by atoms with Gasteiger partial charge in [-0.05, 0) is 34.2 Å². The van der Waals surface area contributed by atoms with Crippen LogP contribution in [-0.4, -0.2) is 12.2 Å². The number of aromatic hydroxyl groups is 1. The molecule has 0 aliphatic rings. The molecule has 2 aromatic rings. The number of phenols is 1. The lowest BCUT2D eigenvalue weighted by molar-refractivity contribution is 0.373. The molecule has 2 rings (SSSR count). The van der Waals surface area contributed by atoms with Crippen LogP contribution in [0.4, 0.5) is 0 Å². The predicted octanol–water partition coefficient (Wildman–Crippen LogP) is 4.87. The van der Waals surface area contributed by atoms with Gasteiger partial charge in [-0.25, -0.2) is 0 Å². The van der Waals surface area contributed by atoms with Crippen LogP contribution in [0.25, 0.3) is 12.2 Å². The summed E-state index contributed by atoms with van der Waals surface area (Å²) in [7, 11) is 1.55. The van der Waals surface area contributed by atoms with Gasteiger partial charge in [-0.2, -0.15) is 0 Å². The molecule has 0 unspecified atom stereocenters. The number of hydrogen-bond acceptors (Lipinski definition) is 2. The number of methoxy groups -OCH3 is 1. The largest absolute Gasteiger partial charge is 0.504 e. The van der Waals surface area contributed by atoms with Gasteiger partial charge >= 0.3 is 0 Å². The van der Waals surface area contributed by atoms with Crippen molar-refractivity contribution < 1.29 is 9.84 Å². The Balaban J connectivity index is 2.18. The van der Waals surface area contributed by atoms with Crippen molar-refractivity contribution in [2.75, 3.05) is 7.11 Å². The third kappa shape index (κ3) is 3.88. The van der Waals surface area contributed by atoms with Crippen LogP contribution in [0.1, 0.15) is 37.5 Å². The summed E-state index contributed by atoms with van der Waals surface area (Å²) >= 11 is 0. The number of benzene rings is 2. The van der Waals surface area contributed by atoms with Gasteiger partial charge in [-0.1, -0.05) is 63.3 Å². The smallest absolute Gasteiger partial charge is 0.161 e. The zero-order valence-corrected chi connectivity index (χ0v) is 13.1. The van der Waals surface area contributed by atoms with E-state index in [1.54, 1.807) is 13.2 Å². The highest BCUT2D eigenvalue weighted by atomic mass is 16.5. The fourth-order valence-corrected chi connectivity index (χ4v) is 2.08. The summed E-state index contributed by atoms with van der Waals surface area (Å²) in [6, 6.07) is 13.9. The summed E-state index contributed by atoms with van der Waals surface area (Å²) in [6.45, 7) is 6.63. The summed E-state index contributed by atoms with van der Waals surface area (Å²) in [5.74, 6) is 0.643. The fourth-order valence-electron chi connectivity index (χ4n) is 2.08. The molecule has 21 heavy (non-hydrogen) atoms. The van der Waals surface area contributed by atoms with Crippen molar-refractivity contribution in [1.29, 1.82) is 0 Å². The number of phenolic OH excluding ortho intramolecular Hbond substituents is 1. The molecule has 0 saturated heterocycles. The van der Waals surface area contributed by atoms with Gasteiger partial charge in [-0.3, -0.25) is 0 Å². The molecular formula is C19H22O2. The Hall–Kier alpha value is -2.22. The van der Waals surface area contributed by atoms with Gasteiger partial charge in [0.05, 0.1) is 7.11 Å². The Labute approximate surface area is 126 Å². The number of hydrogen-bond donors (Lipinski definition) is 1. The van der Waals surface area contributed by atoms with E-state index in [0.717, 1.165) is 11.1 Å². The number of ether oxygens (including phenoxy) is 1. The summed E-state index contributed by atoms with van der Waals surface area (Å²) in [6.07, 6.45) is 4.06. The summed E-state index contributed by atoms with van der Waals surface area (Å²) < 4.78 is 5.11. The van der Waals surface area contributed by atoms with Crippen molar-refractivity contribution in [3.63, 3.8) is 0 Å². The van der Waals surface area contributed by atoms with Gasteiger partial charge in [0.15, 0.2) is 11.5 Å². The van der Waals surface area contributed by atoms with Gasteiger partial charge in [0.1, 0.15) is 0 Å². The van der Waals surface area contributed by atoms with Crippen molar-refractivity contribution in [2.24, 2.45) is 0 Å². The third-order valence-electron chi connectivity index (χ3n) is 3.45.